The average molecular weight is 432 g/mol. The summed E-state index contributed by atoms with van der Waals surface area (Å²) in [7, 11) is 0. The van der Waals surface area contributed by atoms with Crippen molar-refractivity contribution in [2.45, 2.75) is 19.1 Å². The molecule has 152 valence electrons. The summed E-state index contributed by atoms with van der Waals surface area (Å²) in [4.78, 5) is 15.6. The number of nitrogens with one attached hydrogen (secondary N) is 1. The smallest absolute Gasteiger partial charge is 0.408 e. The van der Waals surface area contributed by atoms with E-state index in [4.69, 9.17) is 11.6 Å². The van der Waals surface area contributed by atoms with Crippen molar-refractivity contribution in [2.75, 3.05) is 5.32 Å². The number of aromatic nitrogens is 4. The van der Waals surface area contributed by atoms with Gasteiger partial charge in [0, 0.05) is 24.5 Å². The van der Waals surface area contributed by atoms with Crippen LogP contribution in [0.1, 0.15) is 6.92 Å². The molecule has 1 aromatic carbocycles. The van der Waals surface area contributed by atoms with Gasteiger partial charge in [-0.2, -0.15) is 13.2 Å². The molecule has 0 amide bonds. The Labute approximate surface area is 165 Å². The molecule has 12 heteroatoms. The molecule has 6 nitrogen and oxygen atoms in total. The van der Waals surface area contributed by atoms with E-state index in [1.165, 1.54) is 18.6 Å². The molecular weight excluding hydrogens is 421 g/mol. The number of benzene rings is 1. The third kappa shape index (κ3) is 4.34. The lowest BCUT2D eigenvalue weighted by molar-refractivity contribution is -0.138. The average Bonchev–Trinajstić information content (AvgIpc) is 2.62. The first-order valence-electron chi connectivity index (χ1n) is 7.93. The van der Waals surface area contributed by atoms with E-state index in [2.05, 4.69) is 25.3 Å². The Morgan fingerprint density at radius 1 is 1.07 bits per heavy atom. The molecule has 0 spiro atoms. The van der Waals surface area contributed by atoms with Gasteiger partial charge < -0.3 is 10.4 Å². The van der Waals surface area contributed by atoms with Crippen LogP contribution in [0.15, 0.2) is 30.7 Å². The first-order valence-corrected chi connectivity index (χ1v) is 8.31. The molecule has 0 fully saturated rings. The van der Waals surface area contributed by atoms with E-state index >= 15 is 0 Å². The fourth-order valence-corrected chi connectivity index (χ4v) is 2.64. The Balaban J connectivity index is 2.25. The second kappa shape index (κ2) is 7.74. The number of nitrogens with zero attached hydrogens (tertiary/aromatic N) is 4. The highest BCUT2D eigenvalue weighted by atomic mass is 35.5. The highest BCUT2D eigenvalue weighted by Gasteiger charge is 2.37. The summed E-state index contributed by atoms with van der Waals surface area (Å²) in [5, 5.41) is 10.9. The van der Waals surface area contributed by atoms with Crippen molar-refractivity contribution in [3.8, 4) is 28.4 Å². The van der Waals surface area contributed by atoms with Crippen LogP contribution < -0.4 is 5.32 Å². The van der Waals surface area contributed by atoms with Crippen molar-refractivity contribution < 1.29 is 27.1 Å². The summed E-state index contributed by atoms with van der Waals surface area (Å²) < 4.78 is 67.9. The minimum atomic E-state index is -4.69. The van der Waals surface area contributed by atoms with E-state index in [0.29, 0.717) is 12.1 Å². The molecule has 0 saturated carbocycles. The van der Waals surface area contributed by atoms with Crippen LogP contribution in [-0.4, -0.2) is 37.3 Å². The van der Waals surface area contributed by atoms with Crippen molar-refractivity contribution in [3.05, 3.63) is 47.5 Å². The third-order valence-corrected chi connectivity index (χ3v) is 4.05. The molecule has 3 aromatic rings. The Hall–Kier alpha value is -3.08. The van der Waals surface area contributed by atoms with Gasteiger partial charge >= 0.3 is 6.18 Å². The number of rotatable bonds is 4. The molecule has 0 radical (unpaired) electrons. The van der Waals surface area contributed by atoms with Crippen molar-refractivity contribution in [1.82, 2.24) is 19.9 Å². The van der Waals surface area contributed by atoms with Crippen LogP contribution in [0.2, 0.25) is 5.15 Å². The van der Waals surface area contributed by atoms with Gasteiger partial charge in [-0.1, -0.05) is 11.6 Å². The number of anilines is 1. The molecule has 0 unspecified atom stereocenters. The van der Waals surface area contributed by atoms with Crippen LogP contribution >= 0.6 is 11.6 Å². The van der Waals surface area contributed by atoms with Crippen molar-refractivity contribution in [2.24, 2.45) is 0 Å². The van der Waals surface area contributed by atoms with E-state index in [0.717, 1.165) is 6.92 Å². The Kier molecular flexibility index (Phi) is 5.51. The minimum absolute atomic E-state index is 0.0790. The maximum atomic E-state index is 14.4. The highest BCUT2D eigenvalue weighted by Crippen LogP contribution is 2.39. The van der Waals surface area contributed by atoms with Gasteiger partial charge in [0.05, 0.1) is 17.3 Å². The van der Waals surface area contributed by atoms with Gasteiger partial charge in [-0.15, -0.1) is 0 Å². The lowest BCUT2D eigenvalue weighted by Gasteiger charge is -2.21. The molecule has 0 aliphatic rings. The molecule has 2 N–H and O–H groups in total. The number of aromatic hydroxyl groups is 1. The van der Waals surface area contributed by atoms with Gasteiger partial charge in [0.15, 0.2) is 5.82 Å². The van der Waals surface area contributed by atoms with Crippen molar-refractivity contribution in [1.29, 1.82) is 0 Å². The molecule has 2 heterocycles. The Bertz CT molecular complexity index is 1030. The fourth-order valence-electron chi connectivity index (χ4n) is 2.37. The predicted molar refractivity (Wildman–Crippen MR) is 94.2 cm³/mol. The standard InChI is InChI=1S/C17H11ClF5N5O/c1-7(17(21,22)23)26-16-13(12-9(19)4-8(29)5-10(12)20)14(18)27-15(28-16)11-6-24-2-3-25-11/h2-7,29H,1H3,(H,26,27,28)/t7-/m0/s1. The van der Waals surface area contributed by atoms with E-state index in [1.54, 1.807) is 0 Å². The zero-order valence-corrected chi connectivity index (χ0v) is 15.2. The van der Waals surface area contributed by atoms with E-state index in [-0.39, 0.29) is 11.5 Å². The molecular formula is C17H11ClF5N5O. The van der Waals surface area contributed by atoms with E-state index in [9.17, 15) is 27.1 Å². The molecule has 1 atom stereocenters. The zero-order valence-electron chi connectivity index (χ0n) is 14.5. The monoisotopic (exact) mass is 431 g/mol. The molecule has 0 aliphatic heterocycles. The zero-order chi connectivity index (χ0) is 21.3. The van der Waals surface area contributed by atoms with E-state index < -0.39 is 51.7 Å². The number of halogens is 6. The number of hydrogen-bond acceptors (Lipinski definition) is 6. The van der Waals surface area contributed by atoms with Crippen LogP contribution in [-0.2, 0) is 0 Å². The molecule has 0 bridgehead atoms. The first kappa shape index (κ1) is 20.6. The van der Waals surface area contributed by atoms with Crippen molar-refractivity contribution >= 4 is 17.4 Å². The molecule has 2 aromatic heterocycles. The number of hydrogen-bond donors (Lipinski definition) is 2. The predicted octanol–water partition coefficient (Wildman–Crippen LogP) is 4.60. The molecule has 3 rings (SSSR count). The van der Waals surface area contributed by atoms with Crippen LogP contribution in [0.4, 0.5) is 27.8 Å². The molecule has 29 heavy (non-hydrogen) atoms. The summed E-state index contributed by atoms with van der Waals surface area (Å²) in [6.07, 6.45) is -0.797. The number of phenolic OH excluding ortho intramolecular Hbond substituents is 1. The van der Waals surface area contributed by atoms with Gasteiger partial charge in [-0.25, -0.2) is 23.7 Å². The van der Waals surface area contributed by atoms with Crippen LogP contribution in [0.3, 0.4) is 0 Å². The summed E-state index contributed by atoms with van der Waals surface area (Å²) in [6.45, 7) is 0.797. The van der Waals surface area contributed by atoms with Gasteiger partial charge in [-0.05, 0) is 6.92 Å². The SMILES string of the molecule is C[C@H](Nc1nc(-c2cnccn2)nc(Cl)c1-c1c(F)cc(O)cc1F)C(F)(F)F. The lowest BCUT2D eigenvalue weighted by atomic mass is 10.1. The quantitative estimate of drug-likeness (QED) is 0.464. The summed E-state index contributed by atoms with van der Waals surface area (Å²) in [5.41, 5.74) is -1.25. The minimum Gasteiger partial charge on any atom is -0.508 e. The van der Waals surface area contributed by atoms with E-state index in [1.807, 2.05) is 0 Å². The van der Waals surface area contributed by atoms with Crippen LogP contribution in [0.5, 0.6) is 5.75 Å². The Morgan fingerprint density at radius 3 is 2.28 bits per heavy atom. The summed E-state index contributed by atoms with van der Waals surface area (Å²) >= 11 is 6.08. The topological polar surface area (TPSA) is 83.8 Å². The third-order valence-electron chi connectivity index (χ3n) is 3.78. The first-order chi connectivity index (χ1) is 13.6. The number of alkyl halides is 3. The second-order valence-electron chi connectivity index (χ2n) is 5.84. The maximum absolute atomic E-state index is 14.4. The number of phenols is 1. The normalized spacial score (nSPS) is 12.7. The molecule has 0 saturated heterocycles. The highest BCUT2D eigenvalue weighted by molar-refractivity contribution is 6.32. The Morgan fingerprint density at radius 2 is 1.72 bits per heavy atom. The van der Waals surface area contributed by atoms with Gasteiger partial charge in [0.2, 0.25) is 0 Å². The van der Waals surface area contributed by atoms with Gasteiger partial charge in [0.1, 0.15) is 40.1 Å². The summed E-state index contributed by atoms with van der Waals surface area (Å²) in [5.74, 6) is -4.01. The van der Waals surface area contributed by atoms with Crippen molar-refractivity contribution in [3.63, 3.8) is 0 Å². The lowest BCUT2D eigenvalue weighted by Crippen LogP contribution is -2.33. The largest absolute Gasteiger partial charge is 0.508 e. The van der Waals surface area contributed by atoms with Gasteiger partial charge in [0.25, 0.3) is 0 Å². The summed E-state index contributed by atoms with van der Waals surface area (Å²) in [6, 6.07) is -0.963. The van der Waals surface area contributed by atoms with Gasteiger partial charge in [-0.3, -0.25) is 4.98 Å². The van der Waals surface area contributed by atoms with Crippen LogP contribution in [0.25, 0.3) is 22.6 Å². The fraction of sp³-hybridized carbons (Fsp3) is 0.176. The molecule has 0 aliphatic carbocycles. The second-order valence-corrected chi connectivity index (χ2v) is 6.20. The maximum Gasteiger partial charge on any atom is 0.408 e. The van der Waals surface area contributed by atoms with Crippen LogP contribution in [0, 0.1) is 11.6 Å².